The van der Waals surface area contributed by atoms with Gasteiger partial charge in [0.2, 0.25) is 0 Å². The molecule has 0 aliphatic carbocycles. The van der Waals surface area contributed by atoms with Crippen molar-refractivity contribution < 1.29 is 19.1 Å². The highest BCUT2D eigenvalue weighted by atomic mass is 79.9. The minimum Gasteiger partial charge on any atom is -0.464 e. The van der Waals surface area contributed by atoms with Crippen molar-refractivity contribution in [3.63, 3.8) is 0 Å². The molecule has 1 aliphatic rings. The van der Waals surface area contributed by atoms with Crippen LogP contribution < -0.4 is 5.32 Å². The second-order valence-corrected chi connectivity index (χ2v) is 5.93. The standard InChI is InChI=1S/C16H18BrNO4/c1-4-21-14(19)12-9-16(3,15(20)22-5-2)18-13-8-10(17)6-7-11(12)13/h6-9,18H,4-5H2,1-3H3. The van der Waals surface area contributed by atoms with Crippen molar-refractivity contribution in [1.82, 2.24) is 0 Å². The lowest BCUT2D eigenvalue weighted by Crippen LogP contribution is -2.45. The van der Waals surface area contributed by atoms with E-state index in [0.717, 1.165) is 4.47 Å². The fourth-order valence-corrected chi connectivity index (χ4v) is 2.67. The first-order valence-corrected chi connectivity index (χ1v) is 7.86. The molecule has 6 heteroatoms. The number of anilines is 1. The van der Waals surface area contributed by atoms with E-state index in [1.54, 1.807) is 32.9 Å². The molecule has 0 spiro atoms. The van der Waals surface area contributed by atoms with Crippen LogP contribution in [0.2, 0.25) is 0 Å². The highest BCUT2D eigenvalue weighted by molar-refractivity contribution is 9.10. The summed E-state index contributed by atoms with van der Waals surface area (Å²) in [5, 5.41) is 3.14. The lowest BCUT2D eigenvalue weighted by Gasteiger charge is -2.32. The Labute approximate surface area is 137 Å². The SMILES string of the molecule is CCOC(=O)C1=CC(C)(C(=O)OCC)Nc2cc(Br)ccc21. The third kappa shape index (κ3) is 3.16. The minimum absolute atomic E-state index is 0.268. The average Bonchev–Trinajstić information content (AvgIpc) is 2.46. The van der Waals surface area contributed by atoms with Gasteiger partial charge in [0.25, 0.3) is 0 Å². The van der Waals surface area contributed by atoms with E-state index in [-0.39, 0.29) is 13.2 Å². The van der Waals surface area contributed by atoms with Crippen LogP contribution in [-0.4, -0.2) is 30.7 Å². The normalized spacial score (nSPS) is 19.5. The molecule has 1 aliphatic heterocycles. The molecular weight excluding hydrogens is 350 g/mol. The molecule has 0 aromatic heterocycles. The summed E-state index contributed by atoms with van der Waals surface area (Å²) >= 11 is 3.39. The number of fused-ring (bicyclic) bond motifs is 1. The third-order valence-corrected chi connectivity index (χ3v) is 3.79. The molecule has 0 radical (unpaired) electrons. The summed E-state index contributed by atoms with van der Waals surface area (Å²) in [5.74, 6) is -0.898. The smallest absolute Gasteiger partial charge is 0.338 e. The summed E-state index contributed by atoms with van der Waals surface area (Å²) in [5.41, 5.74) is 0.615. The summed E-state index contributed by atoms with van der Waals surface area (Å²) in [7, 11) is 0. The van der Waals surface area contributed by atoms with Crippen LogP contribution in [0.4, 0.5) is 5.69 Å². The van der Waals surface area contributed by atoms with Crippen LogP contribution >= 0.6 is 15.9 Å². The maximum atomic E-state index is 12.2. The fraction of sp³-hybridized carbons (Fsp3) is 0.375. The first kappa shape index (κ1) is 16.5. The molecule has 2 rings (SSSR count). The van der Waals surface area contributed by atoms with E-state index in [1.165, 1.54) is 0 Å². The molecule has 1 heterocycles. The second kappa shape index (κ2) is 6.52. The maximum Gasteiger partial charge on any atom is 0.338 e. The Bertz CT molecular complexity index is 641. The minimum atomic E-state index is -1.12. The van der Waals surface area contributed by atoms with Gasteiger partial charge in [-0.25, -0.2) is 9.59 Å². The van der Waals surface area contributed by atoms with Crippen LogP contribution in [0.5, 0.6) is 0 Å². The van der Waals surface area contributed by atoms with Gasteiger partial charge < -0.3 is 14.8 Å². The van der Waals surface area contributed by atoms with Gasteiger partial charge in [0.1, 0.15) is 0 Å². The fourth-order valence-electron chi connectivity index (χ4n) is 2.31. The van der Waals surface area contributed by atoms with Crippen molar-refractivity contribution in [2.24, 2.45) is 0 Å². The molecule has 1 aromatic carbocycles. The quantitative estimate of drug-likeness (QED) is 0.828. The molecule has 1 N–H and O–H groups in total. The number of esters is 2. The van der Waals surface area contributed by atoms with Crippen molar-refractivity contribution in [3.05, 3.63) is 34.3 Å². The van der Waals surface area contributed by atoms with Crippen LogP contribution in [0.15, 0.2) is 28.7 Å². The number of carbonyl (C=O) groups excluding carboxylic acids is 2. The van der Waals surface area contributed by atoms with Gasteiger partial charge in [0, 0.05) is 15.7 Å². The molecule has 0 saturated carbocycles. The van der Waals surface area contributed by atoms with Crippen LogP contribution in [0.25, 0.3) is 5.57 Å². The molecule has 0 amide bonds. The number of hydrogen-bond acceptors (Lipinski definition) is 5. The van der Waals surface area contributed by atoms with E-state index < -0.39 is 17.5 Å². The zero-order chi connectivity index (χ0) is 16.3. The summed E-state index contributed by atoms with van der Waals surface area (Å²) in [6, 6.07) is 5.46. The Kier molecular flexibility index (Phi) is 4.90. The Hall–Kier alpha value is -1.82. The van der Waals surface area contributed by atoms with Crippen LogP contribution in [-0.2, 0) is 19.1 Å². The molecule has 1 aromatic rings. The van der Waals surface area contributed by atoms with Gasteiger partial charge in [-0.05, 0) is 39.0 Å². The average molecular weight is 368 g/mol. The van der Waals surface area contributed by atoms with Crippen LogP contribution in [0, 0.1) is 0 Å². The van der Waals surface area contributed by atoms with Crippen molar-refractivity contribution in [2.45, 2.75) is 26.3 Å². The number of nitrogens with one attached hydrogen (secondary N) is 1. The molecule has 0 bridgehead atoms. The summed E-state index contributed by atoms with van der Waals surface area (Å²) in [4.78, 5) is 24.5. The van der Waals surface area contributed by atoms with Gasteiger partial charge in [-0.3, -0.25) is 0 Å². The maximum absolute atomic E-state index is 12.2. The van der Waals surface area contributed by atoms with E-state index in [1.807, 2.05) is 12.1 Å². The zero-order valence-electron chi connectivity index (χ0n) is 12.7. The summed E-state index contributed by atoms with van der Waals surface area (Å²) in [6.45, 7) is 5.70. The lowest BCUT2D eigenvalue weighted by molar-refractivity contribution is -0.146. The van der Waals surface area contributed by atoms with Crippen molar-refractivity contribution in [1.29, 1.82) is 0 Å². The van der Waals surface area contributed by atoms with Gasteiger partial charge in [-0.2, -0.15) is 0 Å². The van der Waals surface area contributed by atoms with E-state index in [0.29, 0.717) is 16.8 Å². The number of halogens is 1. The van der Waals surface area contributed by atoms with E-state index in [4.69, 9.17) is 9.47 Å². The van der Waals surface area contributed by atoms with E-state index in [9.17, 15) is 9.59 Å². The van der Waals surface area contributed by atoms with E-state index in [2.05, 4.69) is 21.2 Å². The molecule has 0 fully saturated rings. The highest BCUT2D eigenvalue weighted by Crippen LogP contribution is 2.36. The summed E-state index contributed by atoms with van der Waals surface area (Å²) in [6.07, 6.45) is 1.57. The Morgan fingerprint density at radius 1 is 1.23 bits per heavy atom. The number of hydrogen-bond donors (Lipinski definition) is 1. The molecule has 1 atom stereocenters. The van der Waals surface area contributed by atoms with Crippen molar-refractivity contribution >= 4 is 39.1 Å². The topological polar surface area (TPSA) is 64.6 Å². The molecular formula is C16H18BrNO4. The van der Waals surface area contributed by atoms with Gasteiger partial charge in [-0.15, -0.1) is 0 Å². The Morgan fingerprint density at radius 3 is 2.55 bits per heavy atom. The van der Waals surface area contributed by atoms with Gasteiger partial charge in [0.05, 0.1) is 18.8 Å². The largest absolute Gasteiger partial charge is 0.464 e. The van der Waals surface area contributed by atoms with Gasteiger partial charge >= 0.3 is 11.9 Å². The molecule has 1 unspecified atom stereocenters. The predicted octanol–water partition coefficient (Wildman–Crippen LogP) is 3.14. The monoisotopic (exact) mass is 367 g/mol. The number of carbonyl (C=O) groups is 2. The third-order valence-electron chi connectivity index (χ3n) is 3.29. The van der Waals surface area contributed by atoms with Crippen LogP contribution in [0.3, 0.4) is 0 Å². The first-order chi connectivity index (χ1) is 10.4. The van der Waals surface area contributed by atoms with Gasteiger partial charge in [-0.1, -0.05) is 22.0 Å². The van der Waals surface area contributed by atoms with Crippen molar-refractivity contribution in [3.8, 4) is 0 Å². The number of rotatable bonds is 4. The molecule has 22 heavy (non-hydrogen) atoms. The van der Waals surface area contributed by atoms with Crippen LogP contribution in [0.1, 0.15) is 26.3 Å². The molecule has 5 nitrogen and oxygen atoms in total. The lowest BCUT2D eigenvalue weighted by atomic mass is 9.89. The second-order valence-electron chi connectivity index (χ2n) is 5.02. The summed E-state index contributed by atoms with van der Waals surface area (Å²) < 4.78 is 11.1. The molecule has 118 valence electrons. The van der Waals surface area contributed by atoms with Crippen molar-refractivity contribution in [2.75, 3.05) is 18.5 Å². The highest BCUT2D eigenvalue weighted by Gasteiger charge is 2.39. The molecule has 0 saturated heterocycles. The first-order valence-electron chi connectivity index (χ1n) is 7.06. The number of benzene rings is 1. The zero-order valence-corrected chi connectivity index (χ0v) is 14.3. The van der Waals surface area contributed by atoms with E-state index >= 15 is 0 Å². The Morgan fingerprint density at radius 2 is 1.91 bits per heavy atom. The van der Waals surface area contributed by atoms with Gasteiger partial charge in [0.15, 0.2) is 5.54 Å². The predicted molar refractivity (Wildman–Crippen MR) is 87.4 cm³/mol. The number of ether oxygens (including phenoxy) is 2. The Balaban J connectivity index is 2.52.